The summed E-state index contributed by atoms with van der Waals surface area (Å²) in [5.74, 6) is -0.0577. The number of carbonyl (C=O) groups is 1. The summed E-state index contributed by atoms with van der Waals surface area (Å²) in [4.78, 5) is 20.9. The molecule has 0 spiro atoms. The fourth-order valence-corrected chi connectivity index (χ4v) is 5.40. The molecular weight excluding hydrogens is 535 g/mol. The molecule has 0 bridgehead atoms. The third-order valence-corrected chi connectivity index (χ3v) is 7.83. The van der Waals surface area contributed by atoms with Crippen LogP contribution in [0.2, 0.25) is 5.02 Å². The van der Waals surface area contributed by atoms with Gasteiger partial charge in [-0.25, -0.2) is 9.18 Å². The molecule has 10 heteroatoms. The highest BCUT2D eigenvalue weighted by molar-refractivity contribution is 6.30. The van der Waals surface area contributed by atoms with Crippen molar-refractivity contribution in [2.75, 3.05) is 37.7 Å². The lowest BCUT2D eigenvalue weighted by molar-refractivity contribution is -0.0590. The number of hydrogen-bond donors (Lipinski definition) is 1. The van der Waals surface area contributed by atoms with Crippen molar-refractivity contribution in [3.8, 4) is 5.88 Å². The Morgan fingerprint density at radius 1 is 1.10 bits per heavy atom. The Bertz CT molecular complexity index is 1530. The first kappa shape index (κ1) is 26.6. The lowest BCUT2D eigenvalue weighted by Gasteiger charge is -2.36. The molecule has 4 heterocycles. The van der Waals surface area contributed by atoms with Gasteiger partial charge in [0.25, 0.3) is 0 Å². The maximum atomic E-state index is 14.1. The smallest absolute Gasteiger partial charge is 0.335 e. The topological polar surface area (TPSA) is 80.1 Å². The minimum absolute atomic E-state index is 0.0705. The maximum Gasteiger partial charge on any atom is 0.335 e. The van der Waals surface area contributed by atoms with Crippen LogP contribution in [0.5, 0.6) is 5.88 Å². The summed E-state index contributed by atoms with van der Waals surface area (Å²) in [6.45, 7) is 5.64. The zero-order chi connectivity index (χ0) is 27.6. The average molecular weight is 565 g/mol. The van der Waals surface area contributed by atoms with Gasteiger partial charge < -0.3 is 24.0 Å². The third kappa shape index (κ3) is 5.77. The number of nitrogens with zero attached hydrogens (tertiary/aromatic N) is 4. The molecule has 2 saturated heterocycles. The highest BCUT2D eigenvalue weighted by atomic mass is 35.5. The predicted octanol–water partition coefficient (Wildman–Crippen LogP) is 5.22. The van der Waals surface area contributed by atoms with E-state index in [2.05, 4.69) is 25.4 Å². The first-order chi connectivity index (χ1) is 19.4. The summed E-state index contributed by atoms with van der Waals surface area (Å²) in [7, 11) is 0. The van der Waals surface area contributed by atoms with Gasteiger partial charge in [0.15, 0.2) is 0 Å². The third-order valence-electron chi connectivity index (χ3n) is 7.60. The second kappa shape index (κ2) is 11.4. The minimum Gasteiger partial charge on any atom is -0.478 e. The van der Waals surface area contributed by atoms with Gasteiger partial charge in [-0.3, -0.25) is 4.90 Å². The standard InChI is InChI=1S/C30H30ClFN4O4/c31-23-7-6-22(26(32)16-23)19-40-29-3-1-2-28(33-29)35-11-9-34(10-12-35)17-24-14-20-4-5-21(30(37)38)15-27(20)36(24)18-25-8-13-39-25/h1-7,14-16,25H,8-13,17-19H2,(H,37,38)/t25-/m0/s1. The summed E-state index contributed by atoms with van der Waals surface area (Å²) in [5, 5.41) is 10.9. The minimum atomic E-state index is -0.924. The van der Waals surface area contributed by atoms with E-state index >= 15 is 0 Å². The van der Waals surface area contributed by atoms with Crippen molar-refractivity contribution in [2.24, 2.45) is 0 Å². The molecule has 1 N–H and O–H groups in total. The summed E-state index contributed by atoms with van der Waals surface area (Å²) >= 11 is 5.84. The van der Waals surface area contributed by atoms with Gasteiger partial charge in [-0.2, -0.15) is 4.98 Å². The second-order valence-corrected chi connectivity index (χ2v) is 10.7. The predicted molar refractivity (Wildman–Crippen MR) is 151 cm³/mol. The fraction of sp³-hybridized carbons (Fsp3) is 0.333. The molecule has 2 fully saturated rings. The van der Waals surface area contributed by atoms with Crippen LogP contribution in [0, 0.1) is 5.82 Å². The van der Waals surface area contributed by atoms with Crippen LogP contribution >= 0.6 is 11.6 Å². The van der Waals surface area contributed by atoms with Crippen LogP contribution in [0.15, 0.2) is 60.7 Å². The van der Waals surface area contributed by atoms with Gasteiger partial charge in [-0.1, -0.05) is 29.8 Å². The Morgan fingerprint density at radius 3 is 2.65 bits per heavy atom. The molecule has 0 unspecified atom stereocenters. The number of halogens is 2. The van der Waals surface area contributed by atoms with Crippen LogP contribution < -0.4 is 9.64 Å². The molecule has 0 amide bonds. The van der Waals surface area contributed by atoms with E-state index in [9.17, 15) is 14.3 Å². The number of carboxylic acid groups (broad SMARTS) is 1. The lowest BCUT2D eigenvalue weighted by atomic mass is 10.1. The van der Waals surface area contributed by atoms with Gasteiger partial charge >= 0.3 is 5.97 Å². The molecule has 40 heavy (non-hydrogen) atoms. The number of benzene rings is 2. The zero-order valence-electron chi connectivity index (χ0n) is 21.9. The fourth-order valence-electron chi connectivity index (χ4n) is 5.24. The van der Waals surface area contributed by atoms with Crippen molar-refractivity contribution >= 4 is 34.3 Å². The molecule has 0 saturated carbocycles. The van der Waals surface area contributed by atoms with Crippen LogP contribution in [0.25, 0.3) is 10.9 Å². The van der Waals surface area contributed by atoms with Crippen LogP contribution in [-0.4, -0.2) is 64.4 Å². The van der Waals surface area contributed by atoms with Gasteiger partial charge in [0.05, 0.1) is 11.7 Å². The van der Waals surface area contributed by atoms with E-state index in [0.717, 1.165) is 74.7 Å². The number of ether oxygens (including phenoxy) is 2. The number of fused-ring (bicyclic) bond motifs is 1. The first-order valence-electron chi connectivity index (χ1n) is 13.4. The van der Waals surface area contributed by atoms with Crippen LogP contribution in [0.4, 0.5) is 10.2 Å². The van der Waals surface area contributed by atoms with Gasteiger partial charge in [0.1, 0.15) is 18.2 Å². The number of rotatable bonds is 9. The molecule has 2 aliphatic heterocycles. The number of hydrogen-bond acceptors (Lipinski definition) is 6. The number of aromatic nitrogens is 2. The van der Waals surface area contributed by atoms with E-state index < -0.39 is 11.8 Å². The largest absolute Gasteiger partial charge is 0.478 e. The monoisotopic (exact) mass is 564 g/mol. The number of aromatic carboxylic acids is 1. The molecule has 0 aliphatic carbocycles. The summed E-state index contributed by atoms with van der Waals surface area (Å²) < 4.78 is 27.8. The molecule has 208 valence electrons. The van der Waals surface area contributed by atoms with Crippen LogP contribution in [0.3, 0.4) is 0 Å². The molecule has 6 rings (SSSR count). The first-order valence-corrected chi connectivity index (χ1v) is 13.8. The van der Waals surface area contributed by atoms with E-state index in [4.69, 9.17) is 21.1 Å². The van der Waals surface area contributed by atoms with Gasteiger partial charge in [-0.15, -0.1) is 0 Å². The Morgan fingerprint density at radius 2 is 1.93 bits per heavy atom. The van der Waals surface area contributed by atoms with Crippen LogP contribution in [-0.2, 0) is 24.4 Å². The van der Waals surface area contributed by atoms with Crippen LogP contribution in [0.1, 0.15) is 28.0 Å². The highest BCUT2D eigenvalue weighted by Crippen LogP contribution is 2.27. The number of carboxylic acids is 1. The van der Waals surface area contributed by atoms with Gasteiger partial charge in [-0.05, 0) is 48.2 Å². The van der Waals surface area contributed by atoms with E-state index in [-0.39, 0.29) is 12.7 Å². The van der Waals surface area contributed by atoms with Crippen molar-refractivity contribution in [3.63, 3.8) is 0 Å². The Labute approximate surface area is 236 Å². The van der Waals surface area contributed by atoms with E-state index in [0.29, 0.717) is 22.0 Å². The maximum absolute atomic E-state index is 14.1. The molecule has 2 aromatic heterocycles. The number of pyridine rings is 1. The Kier molecular flexibility index (Phi) is 7.60. The summed E-state index contributed by atoms with van der Waals surface area (Å²) in [6.07, 6.45) is 1.18. The van der Waals surface area contributed by atoms with Crippen molar-refractivity contribution in [1.82, 2.24) is 14.5 Å². The van der Waals surface area contributed by atoms with Gasteiger partial charge in [0.2, 0.25) is 5.88 Å². The molecule has 2 aromatic carbocycles. The Hall–Kier alpha value is -3.66. The molecule has 1 atom stereocenters. The highest BCUT2D eigenvalue weighted by Gasteiger charge is 2.24. The zero-order valence-corrected chi connectivity index (χ0v) is 22.7. The van der Waals surface area contributed by atoms with Crippen molar-refractivity contribution < 1.29 is 23.8 Å². The lowest BCUT2D eigenvalue weighted by Crippen LogP contribution is -2.46. The summed E-state index contributed by atoms with van der Waals surface area (Å²) in [6, 6.07) is 17.6. The molecule has 0 radical (unpaired) electrons. The average Bonchev–Trinajstić information content (AvgIpc) is 3.26. The normalized spacial score (nSPS) is 17.6. The summed E-state index contributed by atoms with van der Waals surface area (Å²) in [5.41, 5.74) is 2.80. The SMILES string of the molecule is O=C(O)c1ccc2cc(CN3CCN(c4cccc(OCc5ccc(Cl)cc5F)n4)CC3)n(C[C@@H]3CCO3)c2c1. The van der Waals surface area contributed by atoms with Crippen molar-refractivity contribution in [3.05, 3.63) is 88.3 Å². The van der Waals surface area contributed by atoms with E-state index in [1.165, 1.54) is 6.07 Å². The van der Waals surface area contributed by atoms with E-state index in [1.807, 2.05) is 18.2 Å². The second-order valence-electron chi connectivity index (χ2n) is 10.2. The Balaban J connectivity index is 1.11. The number of anilines is 1. The van der Waals surface area contributed by atoms with E-state index in [1.54, 1.807) is 30.3 Å². The number of piperazine rings is 1. The quantitative estimate of drug-likeness (QED) is 0.299. The molecule has 2 aliphatic rings. The molecule has 4 aromatic rings. The van der Waals surface area contributed by atoms with Crippen molar-refractivity contribution in [2.45, 2.75) is 32.2 Å². The van der Waals surface area contributed by atoms with Gasteiger partial charge in [0, 0.05) is 73.7 Å². The molecule has 8 nitrogen and oxygen atoms in total. The molecular formula is C30H30ClFN4O4. The van der Waals surface area contributed by atoms with Crippen molar-refractivity contribution in [1.29, 1.82) is 0 Å².